The Balaban J connectivity index is 2.66. The van der Waals surface area contributed by atoms with Crippen molar-refractivity contribution in [2.24, 2.45) is 0 Å². The number of carbonyl (C=O) groups is 2. The normalized spacial score (nSPS) is 11.7. The Morgan fingerprint density at radius 2 is 1.95 bits per heavy atom. The molecule has 0 saturated heterocycles. The van der Waals surface area contributed by atoms with E-state index in [1.54, 1.807) is 36.0 Å². The van der Waals surface area contributed by atoms with E-state index in [4.69, 9.17) is 0 Å². The minimum absolute atomic E-state index is 0.124. The molecule has 0 aliphatic rings. The molecule has 1 rings (SSSR count). The average Bonchev–Trinajstić information content (AvgIpc) is 2.44. The summed E-state index contributed by atoms with van der Waals surface area (Å²) in [5, 5.41) is 5.54. The summed E-state index contributed by atoms with van der Waals surface area (Å²) in [6.07, 6.45) is 2.61. The lowest BCUT2D eigenvalue weighted by Gasteiger charge is -2.17. The molecule has 0 aliphatic heterocycles. The van der Waals surface area contributed by atoms with E-state index in [1.165, 1.54) is 0 Å². The van der Waals surface area contributed by atoms with Gasteiger partial charge in [0, 0.05) is 12.1 Å². The smallest absolute Gasteiger partial charge is 0.251 e. The number of amides is 2. The zero-order valence-electron chi connectivity index (χ0n) is 11.3. The van der Waals surface area contributed by atoms with E-state index in [0.717, 1.165) is 5.75 Å². The lowest BCUT2D eigenvalue weighted by atomic mass is 10.1. The summed E-state index contributed by atoms with van der Waals surface area (Å²) in [6, 6.07) is 8.46. The van der Waals surface area contributed by atoms with E-state index >= 15 is 0 Å². The van der Waals surface area contributed by atoms with Crippen molar-refractivity contribution in [3.05, 3.63) is 35.9 Å². The fourth-order valence-electron chi connectivity index (χ4n) is 1.63. The van der Waals surface area contributed by atoms with Crippen LogP contribution in [0.5, 0.6) is 0 Å². The highest BCUT2D eigenvalue weighted by Crippen LogP contribution is 2.04. The fourth-order valence-corrected chi connectivity index (χ4v) is 2.10. The molecule has 1 atom stereocenters. The SMILES string of the molecule is CCNC(=O)C(CCSC)NC(=O)c1ccccc1. The van der Waals surface area contributed by atoms with E-state index in [0.29, 0.717) is 18.5 Å². The van der Waals surface area contributed by atoms with Crippen LogP contribution in [0.15, 0.2) is 30.3 Å². The highest BCUT2D eigenvalue weighted by atomic mass is 32.2. The maximum atomic E-state index is 12.0. The molecule has 0 heterocycles. The molecule has 1 aromatic carbocycles. The van der Waals surface area contributed by atoms with Crippen molar-refractivity contribution in [2.45, 2.75) is 19.4 Å². The molecule has 0 fully saturated rings. The van der Waals surface area contributed by atoms with Crippen LogP contribution in [0.25, 0.3) is 0 Å². The second-order valence-corrected chi connectivity index (χ2v) is 5.05. The zero-order valence-corrected chi connectivity index (χ0v) is 12.1. The van der Waals surface area contributed by atoms with Gasteiger partial charge in [0.05, 0.1) is 0 Å². The van der Waals surface area contributed by atoms with Gasteiger partial charge in [-0.1, -0.05) is 18.2 Å². The predicted octanol–water partition coefficient (Wildman–Crippen LogP) is 1.67. The molecule has 104 valence electrons. The van der Waals surface area contributed by atoms with Crippen LogP contribution in [0.3, 0.4) is 0 Å². The van der Waals surface area contributed by atoms with Gasteiger partial charge in [-0.25, -0.2) is 0 Å². The molecule has 2 amide bonds. The number of rotatable bonds is 7. The van der Waals surface area contributed by atoms with E-state index < -0.39 is 6.04 Å². The van der Waals surface area contributed by atoms with Gasteiger partial charge in [0.1, 0.15) is 6.04 Å². The van der Waals surface area contributed by atoms with Crippen LogP contribution in [-0.4, -0.2) is 36.4 Å². The molecule has 4 nitrogen and oxygen atoms in total. The molecule has 5 heteroatoms. The molecule has 0 saturated carbocycles. The Bertz CT molecular complexity index is 409. The van der Waals surface area contributed by atoms with Crippen molar-refractivity contribution < 1.29 is 9.59 Å². The van der Waals surface area contributed by atoms with E-state index in [-0.39, 0.29) is 11.8 Å². The summed E-state index contributed by atoms with van der Waals surface area (Å²) in [4.78, 5) is 23.9. The Morgan fingerprint density at radius 3 is 2.53 bits per heavy atom. The zero-order chi connectivity index (χ0) is 14.1. The molecule has 1 unspecified atom stereocenters. The summed E-state index contributed by atoms with van der Waals surface area (Å²) in [6.45, 7) is 2.43. The summed E-state index contributed by atoms with van der Waals surface area (Å²) < 4.78 is 0. The van der Waals surface area contributed by atoms with Crippen LogP contribution in [0.4, 0.5) is 0 Å². The first-order valence-electron chi connectivity index (χ1n) is 6.31. The molecule has 2 N–H and O–H groups in total. The third kappa shape index (κ3) is 5.34. The van der Waals surface area contributed by atoms with Crippen molar-refractivity contribution in [2.75, 3.05) is 18.6 Å². The van der Waals surface area contributed by atoms with Crippen molar-refractivity contribution in [1.29, 1.82) is 0 Å². The van der Waals surface area contributed by atoms with Crippen LogP contribution in [0.1, 0.15) is 23.7 Å². The van der Waals surface area contributed by atoms with E-state index in [9.17, 15) is 9.59 Å². The van der Waals surface area contributed by atoms with Crippen LogP contribution in [0.2, 0.25) is 0 Å². The molecule has 0 radical (unpaired) electrons. The number of carbonyl (C=O) groups excluding carboxylic acids is 2. The van der Waals surface area contributed by atoms with Gasteiger partial charge >= 0.3 is 0 Å². The number of nitrogens with one attached hydrogen (secondary N) is 2. The van der Waals surface area contributed by atoms with Gasteiger partial charge in [0.25, 0.3) is 5.91 Å². The third-order valence-corrected chi connectivity index (χ3v) is 3.26. The van der Waals surface area contributed by atoms with Crippen LogP contribution < -0.4 is 10.6 Å². The second-order valence-electron chi connectivity index (χ2n) is 4.07. The first-order valence-corrected chi connectivity index (χ1v) is 7.71. The lowest BCUT2D eigenvalue weighted by molar-refractivity contribution is -0.122. The number of likely N-dealkylation sites (N-methyl/N-ethyl adjacent to an activating group) is 1. The predicted molar refractivity (Wildman–Crippen MR) is 79.4 cm³/mol. The van der Waals surface area contributed by atoms with Crippen molar-refractivity contribution in [3.8, 4) is 0 Å². The van der Waals surface area contributed by atoms with Crippen molar-refractivity contribution in [3.63, 3.8) is 0 Å². The number of thioether (sulfide) groups is 1. The number of benzene rings is 1. The Labute approximate surface area is 118 Å². The summed E-state index contributed by atoms with van der Waals surface area (Å²) in [5.41, 5.74) is 0.570. The van der Waals surface area contributed by atoms with Gasteiger partial charge in [-0.05, 0) is 37.5 Å². The summed E-state index contributed by atoms with van der Waals surface area (Å²) >= 11 is 1.66. The quantitative estimate of drug-likeness (QED) is 0.799. The molecule has 19 heavy (non-hydrogen) atoms. The first kappa shape index (κ1) is 15.6. The largest absolute Gasteiger partial charge is 0.355 e. The topological polar surface area (TPSA) is 58.2 Å². The van der Waals surface area contributed by atoms with Gasteiger partial charge in [-0.15, -0.1) is 0 Å². The summed E-state index contributed by atoms with van der Waals surface area (Å²) in [7, 11) is 0. The molecular weight excluding hydrogens is 260 g/mol. The summed E-state index contributed by atoms with van der Waals surface area (Å²) in [5.74, 6) is 0.496. The minimum Gasteiger partial charge on any atom is -0.355 e. The second kappa shape index (κ2) is 8.58. The molecule has 0 spiro atoms. The monoisotopic (exact) mass is 280 g/mol. The van der Waals surface area contributed by atoms with Gasteiger partial charge in [0.15, 0.2) is 0 Å². The minimum atomic E-state index is -0.472. The Morgan fingerprint density at radius 1 is 1.26 bits per heavy atom. The van der Waals surface area contributed by atoms with Crippen LogP contribution >= 0.6 is 11.8 Å². The van der Waals surface area contributed by atoms with Crippen LogP contribution in [0, 0.1) is 0 Å². The Hall–Kier alpha value is -1.49. The van der Waals surface area contributed by atoms with Gasteiger partial charge in [0.2, 0.25) is 5.91 Å². The van der Waals surface area contributed by atoms with Crippen molar-refractivity contribution >= 4 is 23.6 Å². The number of hydrogen-bond acceptors (Lipinski definition) is 3. The molecular formula is C14H20N2O2S. The highest BCUT2D eigenvalue weighted by molar-refractivity contribution is 7.98. The van der Waals surface area contributed by atoms with Gasteiger partial charge < -0.3 is 10.6 Å². The van der Waals surface area contributed by atoms with E-state index in [2.05, 4.69) is 10.6 Å². The van der Waals surface area contributed by atoms with E-state index in [1.807, 2.05) is 19.2 Å². The maximum Gasteiger partial charge on any atom is 0.251 e. The van der Waals surface area contributed by atoms with Gasteiger partial charge in [-0.2, -0.15) is 11.8 Å². The van der Waals surface area contributed by atoms with Crippen LogP contribution in [-0.2, 0) is 4.79 Å². The Kier molecular flexibility index (Phi) is 7.03. The molecule has 0 bridgehead atoms. The molecule has 1 aromatic rings. The fraction of sp³-hybridized carbons (Fsp3) is 0.429. The maximum absolute atomic E-state index is 12.0. The highest BCUT2D eigenvalue weighted by Gasteiger charge is 2.20. The molecule has 0 aliphatic carbocycles. The van der Waals surface area contributed by atoms with Crippen molar-refractivity contribution in [1.82, 2.24) is 10.6 Å². The lowest BCUT2D eigenvalue weighted by Crippen LogP contribution is -2.47. The first-order chi connectivity index (χ1) is 9.19. The standard InChI is InChI=1S/C14H20N2O2S/c1-3-15-14(18)12(9-10-19-2)16-13(17)11-7-5-4-6-8-11/h4-8,12H,3,9-10H2,1-2H3,(H,15,18)(H,16,17). The average molecular weight is 280 g/mol. The van der Waals surface area contributed by atoms with Gasteiger partial charge in [-0.3, -0.25) is 9.59 Å². The number of hydrogen-bond donors (Lipinski definition) is 2. The molecule has 0 aromatic heterocycles. The third-order valence-electron chi connectivity index (χ3n) is 2.62.